The molecular formula is C66H60Cl9F7O24S9. The second-order valence-electron chi connectivity index (χ2n) is 20.8. The van der Waals surface area contributed by atoms with Crippen LogP contribution in [0, 0.1) is 12.7 Å². The SMILES string of the molecule is CCCCOc1ccc(S(=O)(=O)Cl)cc1.CCOc1ccc(S(=O)(=O)Cl)cc1.COC(=O)c1ccc(S(=O)(=O)Cl)cc1.COc1ccc(S(=O)(=O)Cl)cc1.Cc1ccc(S(=O)(=O)Cl)cc1.O=S(=O)(Cl)c1ccc(C(F)(F)F)cc1.O=S(=O)(Cl)c1ccc(F)cc1.O=S(=O)(Cl)c1ccc(OC(F)(F)F)cc1.O=S(=O)(Cl)c1ccccc1. The van der Waals surface area contributed by atoms with Crippen molar-refractivity contribution in [2.45, 2.75) is 90.2 Å². The summed E-state index contributed by atoms with van der Waals surface area (Å²) in [5, 5.41) is 0. The summed E-state index contributed by atoms with van der Waals surface area (Å²) in [4.78, 5) is 10.7. The second-order valence-corrected chi connectivity index (χ2v) is 43.9. The Bertz CT molecular complexity index is 5590. The van der Waals surface area contributed by atoms with Gasteiger partial charge < -0.3 is 23.7 Å². The highest BCUT2D eigenvalue weighted by molar-refractivity contribution is 8.16. The minimum absolute atomic E-state index is 0.0492. The molecule has 0 aliphatic heterocycles. The lowest BCUT2D eigenvalue weighted by atomic mass is 10.2. The van der Waals surface area contributed by atoms with E-state index in [1.807, 2.05) is 13.8 Å². The fourth-order valence-corrected chi connectivity index (χ4v) is 13.9. The van der Waals surface area contributed by atoms with Gasteiger partial charge in [0.05, 0.1) is 82.6 Å². The maximum absolute atomic E-state index is 12.2. The quantitative estimate of drug-likeness (QED) is 0.0333. The third-order valence-electron chi connectivity index (χ3n) is 12.4. The molecule has 0 N–H and O–H groups in total. The van der Waals surface area contributed by atoms with Gasteiger partial charge in [0.15, 0.2) is 0 Å². The first kappa shape index (κ1) is 106. The Kier molecular flexibility index (Phi) is 44.2. The fourth-order valence-electron chi connectivity index (χ4n) is 7.00. The van der Waals surface area contributed by atoms with Crippen molar-refractivity contribution in [3.8, 4) is 23.0 Å². The number of alkyl halides is 6. The van der Waals surface area contributed by atoms with Crippen molar-refractivity contribution in [1.82, 2.24) is 0 Å². The summed E-state index contributed by atoms with van der Waals surface area (Å²) in [6.07, 6.45) is -7.24. The second kappa shape index (κ2) is 47.8. The summed E-state index contributed by atoms with van der Waals surface area (Å²) in [5.74, 6) is 0.363. The molecule has 0 unspecified atom stereocenters. The Labute approximate surface area is 699 Å². The molecule has 0 atom stereocenters. The number of ether oxygens (including phenoxy) is 5. The van der Waals surface area contributed by atoms with Gasteiger partial charge in [0.2, 0.25) is 0 Å². The highest BCUT2D eigenvalue weighted by atomic mass is 35.7. The number of hydrogen-bond donors (Lipinski definition) is 0. The fraction of sp³-hybridized carbons (Fsp3) is 0.167. The van der Waals surface area contributed by atoms with Crippen LogP contribution in [0.3, 0.4) is 0 Å². The smallest absolute Gasteiger partial charge is 0.497 e. The van der Waals surface area contributed by atoms with Crippen LogP contribution in [0.1, 0.15) is 48.2 Å². The average Bonchev–Trinajstić information content (AvgIpc) is 0.834. The van der Waals surface area contributed by atoms with Crippen LogP contribution in [-0.4, -0.2) is 116 Å². The van der Waals surface area contributed by atoms with Gasteiger partial charge in [-0.2, -0.15) is 13.2 Å². The molecule has 634 valence electrons. The zero-order valence-electron chi connectivity index (χ0n) is 58.7. The van der Waals surface area contributed by atoms with Crippen LogP contribution >= 0.6 is 96.1 Å². The molecule has 0 radical (unpaired) electrons. The zero-order chi connectivity index (χ0) is 88.4. The normalized spacial score (nSPS) is 11.6. The lowest BCUT2D eigenvalue weighted by molar-refractivity contribution is -0.274. The summed E-state index contributed by atoms with van der Waals surface area (Å²) in [5.41, 5.74) is 0.368. The number of methoxy groups -OCH3 is 2. The summed E-state index contributed by atoms with van der Waals surface area (Å²) >= 11 is 0. The van der Waals surface area contributed by atoms with Gasteiger partial charge in [0.25, 0.3) is 81.5 Å². The number of carbonyl (C=O) groups excluding carboxylic acids is 1. The number of rotatable bonds is 18. The first-order chi connectivity index (χ1) is 52.6. The number of benzene rings is 9. The minimum Gasteiger partial charge on any atom is -0.497 e. The molecule has 0 saturated carbocycles. The first-order valence-electron chi connectivity index (χ1n) is 30.3. The Morgan fingerprint density at radius 3 is 0.861 bits per heavy atom. The molecule has 0 bridgehead atoms. The van der Waals surface area contributed by atoms with Gasteiger partial charge in [-0.15, -0.1) is 13.2 Å². The van der Waals surface area contributed by atoms with Gasteiger partial charge >= 0.3 is 18.5 Å². The lowest BCUT2D eigenvalue weighted by Crippen LogP contribution is -2.17. The zero-order valence-corrected chi connectivity index (χ0v) is 72.9. The molecule has 115 heavy (non-hydrogen) atoms. The standard InChI is InChI=1S/C10H13ClO3S.C8H7ClO4S.C8H9ClO3S.C7H4ClF3O3S.C7H4ClF3O2S.C7H7ClO3S.C7H7ClO2S.C6H4ClFO2S.C6H5ClO2S/c1-2-3-8-14-9-4-6-10(7-5-9)15(11,12)13;1-13-8(10)6-2-4-7(5-3-6)14(9,11)12;1-2-12-7-3-5-8(6-4-7)13(9,10)11;8-15(12,13)6-3-1-5(2-4-6)14-7(9,10)11;8-14(12,13)6-3-1-5(2-4-6)7(9,10)11;1-11-6-2-4-7(5-3-6)12(8,9)10;1-6-2-4-7(5-3-6)11(8,9)10;7-11(9,10)6-3-1-5(8)2-4-6;7-10(8,9)6-4-2-1-3-5-6/h4-7H,2-3,8H2,1H3;2-5H,1H3;3-6H,2H2,1H3;1-4H;1-4H;2-5H,1H3;2-5H,1H3;1-4H;1-5H. The van der Waals surface area contributed by atoms with E-state index in [9.17, 15) is 111 Å². The van der Waals surface area contributed by atoms with E-state index in [1.54, 1.807) is 54.6 Å². The van der Waals surface area contributed by atoms with E-state index in [1.165, 1.54) is 111 Å². The molecule has 49 heteroatoms. The number of aryl methyl sites for hydroxylation is 1. The summed E-state index contributed by atoms with van der Waals surface area (Å²) in [7, 11) is 14.9. The highest BCUT2D eigenvalue weighted by Crippen LogP contribution is 2.31. The molecule has 9 aromatic carbocycles. The Balaban J connectivity index is 0.000000649. The van der Waals surface area contributed by atoms with E-state index in [2.05, 4.69) is 16.4 Å². The van der Waals surface area contributed by atoms with Crippen molar-refractivity contribution in [1.29, 1.82) is 0 Å². The molecular weight excluding hydrogens is 1920 g/mol. The molecule has 0 spiro atoms. The van der Waals surface area contributed by atoms with E-state index in [-0.39, 0.29) is 49.6 Å². The number of hydrogen-bond acceptors (Lipinski definition) is 24. The first-order valence-corrected chi connectivity index (χ1v) is 51.1. The van der Waals surface area contributed by atoms with E-state index < -0.39 is 117 Å². The average molecular weight is 1980 g/mol. The summed E-state index contributed by atoms with van der Waals surface area (Å²) < 4.78 is 300. The van der Waals surface area contributed by atoms with E-state index >= 15 is 0 Å². The summed E-state index contributed by atoms with van der Waals surface area (Å²) in [6, 6.07) is 48.1. The third kappa shape index (κ3) is 45.2. The molecule has 0 fully saturated rings. The Hall–Kier alpha value is -6.68. The maximum Gasteiger partial charge on any atom is 0.573 e. The molecule has 0 aromatic heterocycles. The number of esters is 1. The van der Waals surface area contributed by atoms with E-state index in [0.717, 1.165) is 79.1 Å². The van der Waals surface area contributed by atoms with Crippen molar-refractivity contribution >= 4 is 184 Å². The van der Waals surface area contributed by atoms with Crippen molar-refractivity contribution in [2.75, 3.05) is 27.4 Å². The van der Waals surface area contributed by atoms with Crippen LogP contribution in [0.15, 0.2) is 269 Å². The van der Waals surface area contributed by atoms with Crippen LogP contribution in [0.25, 0.3) is 0 Å². The highest BCUT2D eigenvalue weighted by Gasteiger charge is 2.32. The predicted octanol–water partition coefficient (Wildman–Crippen LogP) is 18.3. The van der Waals surface area contributed by atoms with Gasteiger partial charge in [-0.05, 0) is 214 Å². The molecule has 24 nitrogen and oxygen atoms in total. The van der Waals surface area contributed by atoms with Crippen LogP contribution in [0.4, 0.5) is 30.7 Å². The van der Waals surface area contributed by atoms with Gasteiger partial charge in [-0.25, -0.2) is 84.9 Å². The predicted molar refractivity (Wildman–Crippen MR) is 421 cm³/mol. The molecule has 9 rings (SSSR count). The van der Waals surface area contributed by atoms with Crippen LogP contribution in [0.5, 0.6) is 23.0 Å². The largest absolute Gasteiger partial charge is 0.573 e. The molecule has 0 heterocycles. The molecule has 0 aliphatic rings. The number of unbranched alkanes of at least 4 members (excludes halogenated alkanes) is 1. The summed E-state index contributed by atoms with van der Waals surface area (Å²) in [6.45, 7) is 7.00. The lowest BCUT2D eigenvalue weighted by Gasteiger charge is -2.08. The van der Waals surface area contributed by atoms with E-state index in [0.29, 0.717) is 42.6 Å². The molecule has 0 saturated heterocycles. The monoisotopic (exact) mass is 1970 g/mol. The van der Waals surface area contributed by atoms with Gasteiger partial charge in [-0.1, -0.05) is 49.2 Å². The van der Waals surface area contributed by atoms with Gasteiger partial charge in [0, 0.05) is 96.1 Å². The Morgan fingerprint density at radius 2 is 0.600 bits per heavy atom. The van der Waals surface area contributed by atoms with Gasteiger partial charge in [0.1, 0.15) is 28.8 Å². The van der Waals surface area contributed by atoms with Crippen LogP contribution in [-0.2, 0) is 92.4 Å². The molecule has 9 aromatic rings. The number of halogens is 16. The minimum atomic E-state index is -4.80. The number of carbonyl (C=O) groups is 1. The third-order valence-corrected chi connectivity index (χ3v) is 24.7. The van der Waals surface area contributed by atoms with Crippen LogP contribution < -0.4 is 18.9 Å². The van der Waals surface area contributed by atoms with E-state index in [4.69, 9.17) is 110 Å². The molecule has 0 amide bonds. The van der Waals surface area contributed by atoms with Crippen molar-refractivity contribution in [3.05, 3.63) is 247 Å². The van der Waals surface area contributed by atoms with Crippen LogP contribution in [0.2, 0.25) is 0 Å². The van der Waals surface area contributed by atoms with Crippen molar-refractivity contribution in [3.63, 3.8) is 0 Å². The molecule has 0 aliphatic carbocycles. The van der Waals surface area contributed by atoms with Crippen molar-refractivity contribution < 1.29 is 135 Å². The maximum atomic E-state index is 12.2. The Morgan fingerprint density at radius 1 is 0.339 bits per heavy atom. The van der Waals surface area contributed by atoms with Gasteiger partial charge in [-0.3, -0.25) is 0 Å². The van der Waals surface area contributed by atoms with Crippen molar-refractivity contribution in [2.24, 2.45) is 0 Å². The topological polar surface area (TPSA) is 370 Å².